The second-order valence-corrected chi connectivity index (χ2v) is 4.35. The van der Waals surface area contributed by atoms with Gasteiger partial charge in [-0.05, 0) is 23.3 Å². The number of methoxy groups -OCH3 is 1. The van der Waals surface area contributed by atoms with Crippen LogP contribution in [0.5, 0.6) is 0 Å². The van der Waals surface area contributed by atoms with Crippen molar-refractivity contribution < 1.29 is 14.3 Å². The maximum absolute atomic E-state index is 11.5. The highest BCUT2D eigenvalue weighted by Gasteiger charge is 2.27. The van der Waals surface area contributed by atoms with Crippen LogP contribution in [0.25, 0.3) is 0 Å². The van der Waals surface area contributed by atoms with Gasteiger partial charge in [-0.3, -0.25) is 4.79 Å². The molecular weight excluding hydrogens is 260 g/mol. The fraction of sp³-hybridized carbons (Fsp3) is 0.364. The van der Waals surface area contributed by atoms with Crippen LogP contribution < -0.4 is 0 Å². The lowest BCUT2D eigenvalue weighted by molar-refractivity contribution is -0.144. The van der Waals surface area contributed by atoms with Crippen LogP contribution in [0.3, 0.4) is 0 Å². The molecule has 1 aromatic rings. The number of carbonyl (C=O) groups excluding carboxylic acids is 1. The lowest BCUT2D eigenvalue weighted by Gasteiger charge is -2.23. The van der Waals surface area contributed by atoms with Crippen molar-refractivity contribution in [3.63, 3.8) is 0 Å². The molecule has 0 saturated carbocycles. The molecule has 1 unspecified atom stereocenters. The molecule has 0 radical (unpaired) electrons. The molecule has 0 saturated heterocycles. The van der Waals surface area contributed by atoms with Gasteiger partial charge in [0, 0.05) is 4.47 Å². The SMILES string of the molecule is COC(=O)C1COCc2ccc(Br)cc21. The van der Waals surface area contributed by atoms with Gasteiger partial charge in [-0.1, -0.05) is 22.0 Å². The minimum atomic E-state index is -0.295. The molecule has 1 aliphatic rings. The van der Waals surface area contributed by atoms with Gasteiger partial charge in [-0.25, -0.2) is 0 Å². The van der Waals surface area contributed by atoms with E-state index in [9.17, 15) is 4.79 Å². The second kappa shape index (κ2) is 4.33. The molecule has 0 spiro atoms. The number of carbonyl (C=O) groups is 1. The van der Waals surface area contributed by atoms with Gasteiger partial charge in [-0.2, -0.15) is 0 Å². The highest BCUT2D eigenvalue weighted by atomic mass is 79.9. The standard InChI is InChI=1S/C11H11BrO3/c1-14-11(13)10-6-15-5-7-2-3-8(12)4-9(7)10/h2-4,10H,5-6H2,1H3. The lowest BCUT2D eigenvalue weighted by Crippen LogP contribution is -2.24. The summed E-state index contributed by atoms with van der Waals surface area (Å²) in [4.78, 5) is 11.5. The fourth-order valence-corrected chi connectivity index (χ4v) is 2.11. The van der Waals surface area contributed by atoms with Crippen LogP contribution in [-0.4, -0.2) is 19.7 Å². The number of benzene rings is 1. The fourth-order valence-electron chi connectivity index (χ4n) is 1.74. The van der Waals surface area contributed by atoms with E-state index in [-0.39, 0.29) is 11.9 Å². The molecule has 0 aliphatic carbocycles. The Morgan fingerprint density at radius 3 is 3.13 bits per heavy atom. The molecule has 2 rings (SSSR count). The molecule has 1 aliphatic heterocycles. The van der Waals surface area contributed by atoms with Crippen LogP contribution >= 0.6 is 15.9 Å². The lowest BCUT2D eigenvalue weighted by atomic mass is 9.93. The molecule has 1 atom stereocenters. The van der Waals surface area contributed by atoms with Gasteiger partial charge >= 0.3 is 5.97 Å². The first kappa shape index (κ1) is 10.6. The summed E-state index contributed by atoms with van der Waals surface area (Å²) < 4.78 is 11.1. The van der Waals surface area contributed by atoms with Crippen molar-refractivity contribution in [2.75, 3.05) is 13.7 Å². The topological polar surface area (TPSA) is 35.5 Å². The van der Waals surface area contributed by atoms with E-state index in [1.54, 1.807) is 0 Å². The average molecular weight is 271 g/mol. The summed E-state index contributed by atoms with van der Waals surface area (Å²) >= 11 is 3.40. The minimum Gasteiger partial charge on any atom is -0.468 e. The van der Waals surface area contributed by atoms with Gasteiger partial charge in [0.2, 0.25) is 0 Å². The molecular formula is C11H11BrO3. The molecule has 1 heterocycles. The maximum atomic E-state index is 11.5. The number of fused-ring (bicyclic) bond motifs is 1. The van der Waals surface area contributed by atoms with Crippen LogP contribution in [0, 0.1) is 0 Å². The molecule has 15 heavy (non-hydrogen) atoms. The van der Waals surface area contributed by atoms with E-state index in [2.05, 4.69) is 15.9 Å². The van der Waals surface area contributed by atoms with E-state index < -0.39 is 0 Å². The highest BCUT2D eigenvalue weighted by molar-refractivity contribution is 9.10. The quantitative estimate of drug-likeness (QED) is 0.735. The first-order chi connectivity index (χ1) is 7.22. The summed E-state index contributed by atoms with van der Waals surface area (Å²) in [6.45, 7) is 0.965. The van der Waals surface area contributed by atoms with Crippen LogP contribution in [0.15, 0.2) is 22.7 Å². The normalized spacial score (nSPS) is 19.5. The molecule has 0 aromatic heterocycles. The van der Waals surface area contributed by atoms with E-state index in [1.165, 1.54) is 7.11 Å². The Balaban J connectivity index is 2.40. The Kier molecular flexibility index (Phi) is 3.07. The number of halogens is 1. The Morgan fingerprint density at radius 2 is 2.40 bits per heavy atom. The zero-order valence-electron chi connectivity index (χ0n) is 8.33. The van der Waals surface area contributed by atoms with Crippen molar-refractivity contribution in [1.29, 1.82) is 0 Å². The number of ether oxygens (including phenoxy) is 2. The molecule has 0 bridgehead atoms. The molecule has 0 fully saturated rings. The first-order valence-corrected chi connectivity index (χ1v) is 5.45. The third-order valence-electron chi connectivity index (χ3n) is 2.51. The van der Waals surface area contributed by atoms with Crippen LogP contribution in [-0.2, 0) is 20.9 Å². The summed E-state index contributed by atoms with van der Waals surface area (Å²) in [6.07, 6.45) is 0. The van der Waals surface area contributed by atoms with Crippen molar-refractivity contribution >= 4 is 21.9 Å². The zero-order chi connectivity index (χ0) is 10.8. The van der Waals surface area contributed by atoms with Crippen LogP contribution in [0.4, 0.5) is 0 Å². The summed E-state index contributed by atoms with van der Waals surface area (Å²) in [6, 6.07) is 5.87. The monoisotopic (exact) mass is 270 g/mol. The van der Waals surface area contributed by atoms with Crippen LogP contribution in [0.1, 0.15) is 17.0 Å². The minimum absolute atomic E-state index is 0.242. The Hall–Kier alpha value is -0.870. The van der Waals surface area contributed by atoms with Gasteiger partial charge in [0.25, 0.3) is 0 Å². The van der Waals surface area contributed by atoms with E-state index in [4.69, 9.17) is 9.47 Å². The molecule has 0 amide bonds. The molecule has 80 valence electrons. The third-order valence-corrected chi connectivity index (χ3v) is 3.00. The Morgan fingerprint density at radius 1 is 1.60 bits per heavy atom. The Bertz CT molecular complexity index is 389. The van der Waals surface area contributed by atoms with E-state index in [0.29, 0.717) is 13.2 Å². The third kappa shape index (κ3) is 2.06. The highest BCUT2D eigenvalue weighted by Crippen LogP contribution is 2.29. The summed E-state index contributed by atoms with van der Waals surface area (Å²) in [5.74, 6) is -0.537. The van der Waals surface area contributed by atoms with Gasteiger partial charge in [0.05, 0.1) is 20.3 Å². The largest absolute Gasteiger partial charge is 0.468 e. The van der Waals surface area contributed by atoms with Crippen LogP contribution in [0.2, 0.25) is 0 Å². The van der Waals surface area contributed by atoms with Crippen molar-refractivity contribution in [2.24, 2.45) is 0 Å². The van der Waals surface area contributed by atoms with Gasteiger partial charge < -0.3 is 9.47 Å². The molecule has 1 aromatic carbocycles. The van der Waals surface area contributed by atoms with Crippen molar-refractivity contribution in [2.45, 2.75) is 12.5 Å². The van der Waals surface area contributed by atoms with Crippen molar-refractivity contribution in [1.82, 2.24) is 0 Å². The summed E-state index contributed by atoms with van der Waals surface area (Å²) in [5.41, 5.74) is 2.06. The predicted molar refractivity (Wildman–Crippen MR) is 58.6 cm³/mol. The smallest absolute Gasteiger partial charge is 0.315 e. The van der Waals surface area contributed by atoms with Gasteiger partial charge in [0.1, 0.15) is 5.92 Å². The van der Waals surface area contributed by atoms with Gasteiger partial charge in [0.15, 0.2) is 0 Å². The maximum Gasteiger partial charge on any atom is 0.315 e. The number of hydrogen-bond donors (Lipinski definition) is 0. The van der Waals surface area contributed by atoms with Crippen molar-refractivity contribution in [3.05, 3.63) is 33.8 Å². The van der Waals surface area contributed by atoms with Crippen molar-refractivity contribution in [3.8, 4) is 0 Å². The molecule has 3 nitrogen and oxygen atoms in total. The second-order valence-electron chi connectivity index (χ2n) is 3.43. The summed E-state index contributed by atoms with van der Waals surface area (Å²) in [7, 11) is 1.40. The zero-order valence-corrected chi connectivity index (χ0v) is 9.91. The number of hydrogen-bond acceptors (Lipinski definition) is 3. The number of rotatable bonds is 1. The van der Waals surface area contributed by atoms with E-state index >= 15 is 0 Å². The summed E-state index contributed by atoms with van der Waals surface area (Å²) in [5, 5.41) is 0. The van der Waals surface area contributed by atoms with E-state index in [1.807, 2.05) is 18.2 Å². The first-order valence-electron chi connectivity index (χ1n) is 4.66. The van der Waals surface area contributed by atoms with E-state index in [0.717, 1.165) is 15.6 Å². The molecule has 0 N–H and O–H groups in total. The average Bonchev–Trinajstić information content (AvgIpc) is 2.27. The number of esters is 1. The predicted octanol–water partition coefficient (Wildman–Crippen LogP) is 2.24. The Labute approximate surface area is 96.5 Å². The molecule has 4 heteroatoms. The van der Waals surface area contributed by atoms with Gasteiger partial charge in [-0.15, -0.1) is 0 Å².